The van der Waals surface area contributed by atoms with Gasteiger partial charge in [0.15, 0.2) is 5.78 Å². The smallest absolute Gasteiger partial charge is 0.190 e. The lowest BCUT2D eigenvalue weighted by Gasteiger charge is -1.94. The maximum atomic E-state index is 11.1. The molecule has 3 nitrogen and oxygen atoms in total. The van der Waals surface area contributed by atoms with Crippen LogP contribution in [0.4, 0.5) is 0 Å². The van der Waals surface area contributed by atoms with Gasteiger partial charge in [-0.1, -0.05) is 34.7 Å². The molecule has 2 heterocycles. The van der Waals surface area contributed by atoms with E-state index >= 15 is 0 Å². The van der Waals surface area contributed by atoms with Gasteiger partial charge in [0.05, 0.1) is 4.43 Å². The molecule has 0 aliphatic heterocycles. The van der Waals surface area contributed by atoms with Gasteiger partial charge in [-0.25, -0.2) is 4.98 Å². The predicted octanol–water partition coefficient (Wildman–Crippen LogP) is 3.54. The van der Waals surface area contributed by atoms with Crippen LogP contribution in [0.15, 0.2) is 53.4 Å². The maximum Gasteiger partial charge on any atom is 0.190 e. The summed E-state index contributed by atoms with van der Waals surface area (Å²) in [6.45, 7) is 0. The summed E-state index contributed by atoms with van der Waals surface area (Å²) in [5.74, 6) is 0.0619. The van der Waals surface area contributed by atoms with Crippen LogP contribution in [0, 0.1) is 0 Å². The Kier molecular flexibility index (Phi) is 6.95. The molecule has 0 aliphatic rings. The number of hydrogen-bond donors (Lipinski definition) is 0. The van der Waals surface area contributed by atoms with E-state index in [0.29, 0.717) is 14.7 Å². The van der Waals surface area contributed by atoms with Crippen LogP contribution < -0.4 is 0 Å². The van der Waals surface area contributed by atoms with E-state index in [1.807, 2.05) is 40.8 Å². The van der Waals surface area contributed by atoms with Crippen molar-refractivity contribution in [3.05, 3.63) is 59.1 Å². The van der Waals surface area contributed by atoms with Gasteiger partial charge >= 0.3 is 0 Å². The molecule has 88 valence electrons. The number of aromatic nitrogens is 2. The minimum absolute atomic E-state index is 0.0619. The number of carbonyl (C=O) groups excluding carboxylic acids is 1. The van der Waals surface area contributed by atoms with Gasteiger partial charge in [-0.15, -0.1) is 0 Å². The molecule has 0 bridgehead atoms. The first-order valence-electron chi connectivity index (χ1n) is 4.80. The lowest BCUT2D eigenvalue weighted by molar-refractivity contribution is 0.102. The fourth-order valence-electron chi connectivity index (χ4n) is 0.945. The zero-order chi connectivity index (χ0) is 12.5. The molecule has 0 atom stereocenters. The van der Waals surface area contributed by atoms with Gasteiger partial charge in [-0.2, -0.15) is 0 Å². The lowest BCUT2D eigenvalue weighted by Crippen LogP contribution is -2.02. The minimum Gasteiger partial charge on any atom is -0.292 e. The average Bonchev–Trinajstić information content (AvgIpc) is 2.40. The predicted molar refractivity (Wildman–Crippen MR) is 79.4 cm³/mol. The van der Waals surface area contributed by atoms with Crippen molar-refractivity contribution >= 4 is 44.3 Å². The Hall–Kier alpha value is -0.820. The Labute approximate surface area is 122 Å². The Bertz CT molecular complexity index is 438. The van der Waals surface area contributed by atoms with Crippen LogP contribution in [0.2, 0.25) is 0 Å². The van der Waals surface area contributed by atoms with Crippen molar-refractivity contribution in [1.82, 2.24) is 9.97 Å². The van der Waals surface area contributed by atoms with Gasteiger partial charge in [0.2, 0.25) is 0 Å². The van der Waals surface area contributed by atoms with Crippen LogP contribution in [-0.4, -0.2) is 20.2 Å². The van der Waals surface area contributed by atoms with Gasteiger partial charge in [0.1, 0.15) is 10.3 Å². The number of Topliss-reactive ketones (excluding diaryl/α,β-unsaturated/α-hetero) is 1. The van der Waals surface area contributed by atoms with Crippen molar-refractivity contribution in [3.8, 4) is 0 Å². The Morgan fingerprint density at radius 2 is 1.88 bits per heavy atom. The van der Waals surface area contributed by atoms with Crippen LogP contribution in [-0.2, 0) is 0 Å². The molecular weight excluding hydrogens is 395 g/mol. The third-order valence-corrected chi connectivity index (χ3v) is 2.82. The number of halogens is 2. The van der Waals surface area contributed by atoms with E-state index in [9.17, 15) is 4.79 Å². The van der Waals surface area contributed by atoms with E-state index in [1.165, 1.54) is 0 Å². The van der Waals surface area contributed by atoms with Gasteiger partial charge in [0.25, 0.3) is 0 Å². The average molecular weight is 405 g/mol. The van der Waals surface area contributed by atoms with E-state index in [1.54, 1.807) is 30.6 Å². The number of alkyl halides is 1. The number of pyridine rings is 2. The van der Waals surface area contributed by atoms with E-state index in [-0.39, 0.29) is 5.78 Å². The first kappa shape index (κ1) is 14.2. The highest BCUT2D eigenvalue weighted by molar-refractivity contribution is 14.1. The van der Waals surface area contributed by atoms with Gasteiger partial charge in [-0.3, -0.25) is 9.78 Å². The SMILES string of the molecule is O=C(CI)c1cccc(Br)n1.c1ccncc1. The zero-order valence-electron chi connectivity index (χ0n) is 8.88. The molecule has 0 aliphatic carbocycles. The summed E-state index contributed by atoms with van der Waals surface area (Å²) in [5.41, 5.74) is 0.522. The first-order chi connectivity index (χ1) is 8.24. The van der Waals surface area contributed by atoms with Crippen molar-refractivity contribution in [2.75, 3.05) is 4.43 Å². The molecule has 0 spiro atoms. The first-order valence-corrected chi connectivity index (χ1v) is 7.12. The van der Waals surface area contributed by atoms with Crippen LogP contribution in [0.5, 0.6) is 0 Å². The van der Waals surface area contributed by atoms with E-state index in [2.05, 4.69) is 25.9 Å². The van der Waals surface area contributed by atoms with Crippen molar-refractivity contribution in [1.29, 1.82) is 0 Å². The van der Waals surface area contributed by atoms with Crippen LogP contribution in [0.25, 0.3) is 0 Å². The number of rotatable bonds is 2. The Morgan fingerprint density at radius 3 is 2.29 bits per heavy atom. The Morgan fingerprint density at radius 1 is 1.18 bits per heavy atom. The molecule has 2 aromatic heterocycles. The van der Waals surface area contributed by atoms with Crippen molar-refractivity contribution < 1.29 is 4.79 Å². The van der Waals surface area contributed by atoms with Gasteiger partial charge in [0, 0.05) is 12.4 Å². The summed E-state index contributed by atoms with van der Waals surface area (Å²) in [5, 5.41) is 0. The largest absolute Gasteiger partial charge is 0.292 e. The highest BCUT2D eigenvalue weighted by atomic mass is 127. The molecule has 0 radical (unpaired) electrons. The summed E-state index contributed by atoms with van der Waals surface area (Å²) in [7, 11) is 0. The summed E-state index contributed by atoms with van der Waals surface area (Å²) in [6.07, 6.45) is 3.50. The molecule has 17 heavy (non-hydrogen) atoms. The fraction of sp³-hybridized carbons (Fsp3) is 0.0833. The Balaban J connectivity index is 0.000000202. The third-order valence-electron chi connectivity index (χ3n) is 1.69. The fourth-order valence-corrected chi connectivity index (χ4v) is 1.68. The molecule has 0 N–H and O–H groups in total. The molecule has 2 aromatic rings. The van der Waals surface area contributed by atoms with Crippen LogP contribution >= 0.6 is 38.5 Å². The minimum atomic E-state index is 0.0619. The van der Waals surface area contributed by atoms with Crippen LogP contribution in [0.1, 0.15) is 10.5 Å². The molecule has 2 rings (SSSR count). The maximum absolute atomic E-state index is 11.1. The second-order valence-corrected chi connectivity index (χ2v) is 4.50. The van der Waals surface area contributed by atoms with Gasteiger partial charge in [-0.05, 0) is 40.2 Å². The third kappa shape index (κ3) is 5.88. The van der Waals surface area contributed by atoms with Crippen LogP contribution in [0.3, 0.4) is 0 Å². The number of hydrogen-bond acceptors (Lipinski definition) is 3. The zero-order valence-corrected chi connectivity index (χ0v) is 12.6. The second kappa shape index (κ2) is 8.30. The molecule has 0 saturated heterocycles. The second-order valence-electron chi connectivity index (χ2n) is 2.93. The van der Waals surface area contributed by atoms with E-state index in [4.69, 9.17) is 0 Å². The summed E-state index contributed by atoms with van der Waals surface area (Å²) in [4.78, 5) is 18.9. The van der Waals surface area contributed by atoms with E-state index < -0.39 is 0 Å². The van der Waals surface area contributed by atoms with E-state index in [0.717, 1.165) is 0 Å². The highest BCUT2D eigenvalue weighted by Gasteiger charge is 2.03. The molecule has 5 heteroatoms. The number of carbonyl (C=O) groups is 1. The molecule has 0 amide bonds. The molecule has 0 aromatic carbocycles. The van der Waals surface area contributed by atoms with Crippen molar-refractivity contribution in [2.24, 2.45) is 0 Å². The summed E-state index contributed by atoms with van der Waals surface area (Å²) < 4.78 is 1.18. The quantitative estimate of drug-likeness (QED) is 0.332. The van der Waals surface area contributed by atoms with Gasteiger partial charge < -0.3 is 0 Å². The summed E-state index contributed by atoms with van der Waals surface area (Å²) >= 11 is 5.22. The standard InChI is InChI=1S/C7H5BrINO.C5H5N/c8-7-3-1-2-5(10-7)6(11)4-9;1-2-4-6-5-3-1/h1-3H,4H2;1-5H. The molecule has 0 fully saturated rings. The number of ketones is 1. The molecular formula is C12H10BrIN2O. The molecule has 0 unspecified atom stereocenters. The highest BCUT2D eigenvalue weighted by Crippen LogP contribution is 2.07. The summed E-state index contributed by atoms with van der Waals surface area (Å²) in [6, 6.07) is 11.0. The lowest BCUT2D eigenvalue weighted by atomic mass is 10.3. The molecule has 0 saturated carbocycles. The topological polar surface area (TPSA) is 42.9 Å². The van der Waals surface area contributed by atoms with Crippen molar-refractivity contribution in [2.45, 2.75) is 0 Å². The normalized spacial score (nSPS) is 9.06. The van der Waals surface area contributed by atoms with Crippen molar-refractivity contribution in [3.63, 3.8) is 0 Å². The monoisotopic (exact) mass is 404 g/mol. The number of nitrogens with zero attached hydrogens (tertiary/aromatic N) is 2.